The Hall–Kier alpha value is -2.51. The van der Waals surface area contributed by atoms with E-state index in [1.165, 1.54) is 0 Å². The van der Waals surface area contributed by atoms with Gasteiger partial charge in [-0.2, -0.15) is 10.1 Å². The van der Waals surface area contributed by atoms with Gasteiger partial charge in [-0.3, -0.25) is 9.58 Å². The Morgan fingerprint density at radius 2 is 2.08 bits per heavy atom. The molecule has 7 heteroatoms. The van der Waals surface area contributed by atoms with Gasteiger partial charge in [0, 0.05) is 24.2 Å². The Labute approximate surface area is 152 Å². The lowest BCUT2D eigenvalue weighted by Gasteiger charge is -2.30. The van der Waals surface area contributed by atoms with Gasteiger partial charge in [0.25, 0.3) is 5.89 Å². The predicted molar refractivity (Wildman–Crippen MR) is 96.3 cm³/mol. The minimum atomic E-state index is 0.111. The van der Waals surface area contributed by atoms with Crippen molar-refractivity contribution in [1.29, 1.82) is 0 Å². The summed E-state index contributed by atoms with van der Waals surface area (Å²) < 4.78 is 7.21. The van der Waals surface area contributed by atoms with Crippen LogP contribution in [0.25, 0.3) is 11.5 Å². The molecule has 0 bridgehead atoms. The van der Waals surface area contributed by atoms with Crippen LogP contribution in [-0.4, -0.2) is 49.6 Å². The van der Waals surface area contributed by atoms with Gasteiger partial charge in [0.1, 0.15) is 0 Å². The van der Waals surface area contributed by atoms with Crippen molar-refractivity contribution in [2.45, 2.75) is 31.8 Å². The van der Waals surface area contributed by atoms with E-state index >= 15 is 0 Å². The van der Waals surface area contributed by atoms with E-state index in [9.17, 15) is 0 Å². The summed E-state index contributed by atoms with van der Waals surface area (Å²) in [6.07, 6.45) is 4.20. The van der Waals surface area contributed by atoms with Crippen molar-refractivity contribution < 1.29 is 9.63 Å². The molecule has 136 valence electrons. The quantitative estimate of drug-likeness (QED) is 0.732. The smallest absolute Gasteiger partial charge is 0.257 e. The van der Waals surface area contributed by atoms with Crippen LogP contribution in [0.3, 0.4) is 0 Å². The van der Waals surface area contributed by atoms with Gasteiger partial charge in [-0.25, -0.2) is 0 Å². The van der Waals surface area contributed by atoms with E-state index in [0.717, 1.165) is 43.0 Å². The predicted octanol–water partition coefficient (Wildman–Crippen LogP) is 2.31. The number of benzene rings is 1. The van der Waals surface area contributed by atoms with Crippen molar-refractivity contribution in [3.8, 4) is 11.5 Å². The first kappa shape index (κ1) is 16.9. The second kappa shape index (κ2) is 7.80. The van der Waals surface area contributed by atoms with Gasteiger partial charge in [0.05, 0.1) is 25.4 Å². The van der Waals surface area contributed by atoms with Crippen LogP contribution in [-0.2, 0) is 13.1 Å². The molecule has 7 nitrogen and oxygen atoms in total. The molecule has 3 heterocycles. The monoisotopic (exact) mass is 353 g/mol. The molecule has 1 aromatic carbocycles. The maximum Gasteiger partial charge on any atom is 0.257 e. The summed E-state index contributed by atoms with van der Waals surface area (Å²) in [6, 6.07) is 11.9. The van der Waals surface area contributed by atoms with Crippen molar-refractivity contribution >= 4 is 0 Å². The third-order valence-electron chi connectivity index (χ3n) is 4.77. The maximum atomic E-state index is 9.04. The molecule has 1 saturated heterocycles. The van der Waals surface area contributed by atoms with Gasteiger partial charge >= 0.3 is 0 Å². The molecule has 0 amide bonds. The van der Waals surface area contributed by atoms with Gasteiger partial charge in [-0.05, 0) is 37.6 Å². The van der Waals surface area contributed by atoms with Gasteiger partial charge in [0.2, 0.25) is 0 Å². The molecule has 1 aliphatic heterocycles. The number of aromatic nitrogens is 4. The van der Waals surface area contributed by atoms with Crippen molar-refractivity contribution in [1.82, 2.24) is 24.8 Å². The van der Waals surface area contributed by atoms with Crippen molar-refractivity contribution in [3.05, 3.63) is 54.1 Å². The summed E-state index contributed by atoms with van der Waals surface area (Å²) in [4.78, 5) is 6.89. The lowest BCUT2D eigenvalue weighted by molar-refractivity contribution is 0.191. The number of hydrogen-bond donors (Lipinski definition) is 1. The third-order valence-corrected chi connectivity index (χ3v) is 4.77. The Kier molecular flexibility index (Phi) is 5.08. The van der Waals surface area contributed by atoms with Crippen LogP contribution in [0.2, 0.25) is 0 Å². The Balaban J connectivity index is 1.40. The lowest BCUT2D eigenvalue weighted by Crippen LogP contribution is -2.34. The Morgan fingerprint density at radius 3 is 2.92 bits per heavy atom. The number of piperidine rings is 1. The van der Waals surface area contributed by atoms with Crippen molar-refractivity contribution in [2.24, 2.45) is 0 Å². The molecule has 1 fully saturated rings. The SMILES string of the molecule is OCCn1ccc([C@@H]2CCCN(Cc3noc(-c4ccccc4)n3)C2)n1. The van der Waals surface area contributed by atoms with Gasteiger partial charge < -0.3 is 9.63 Å². The molecule has 0 aliphatic carbocycles. The van der Waals surface area contributed by atoms with E-state index in [0.29, 0.717) is 24.9 Å². The molecule has 3 aromatic rings. The molecule has 0 unspecified atom stereocenters. The molecular formula is C19H23N5O2. The number of rotatable bonds is 6. The number of aliphatic hydroxyl groups excluding tert-OH is 1. The zero-order valence-electron chi connectivity index (χ0n) is 14.7. The fourth-order valence-electron chi connectivity index (χ4n) is 3.48. The lowest BCUT2D eigenvalue weighted by atomic mass is 9.95. The first-order valence-corrected chi connectivity index (χ1v) is 9.06. The first-order chi connectivity index (χ1) is 12.8. The van der Waals surface area contributed by atoms with E-state index in [1.54, 1.807) is 4.68 Å². The molecule has 2 aromatic heterocycles. The molecule has 0 saturated carbocycles. The van der Waals surface area contributed by atoms with Crippen LogP contribution >= 0.6 is 0 Å². The summed E-state index contributed by atoms with van der Waals surface area (Å²) in [5.41, 5.74) is 2.04. The number of aliphatic hydroxyl groups is 1. The maximum absolute atomic E-state index is 9.04. The van der Waals surface area contributed by atoms with Crippen LogP contribution in [0.5, 0.6) is 0 Å². The van der Waals surface area contributed by atoms with Crippen molar-refractivity contribution in [3.63, 3.8) is 0 Å². The highest BCUT2D eigenvalue weighted by Crippen LogP contribution is 2.26. The van der Waals surface area contributed by atoms with Gasteiger partial charge in [0.15, 0.2) is 5.82 Å². The highest BCUT2D eigenvalue weighted by molar-refractivity contribution is 5.51. The van der Waals surface area contributed by atoms with Crippen LogP contribution in [0.15, 0.2) is 47.1 Å². The fourth-order valence-corrected chi connectivity index (χ4v) is 3.48. The minimum Gasteiger partial charge on any atom is -0.394 e. The van der Waals surface area contributed by atoms with E-state index in [4.69, 9.17) is 9.63 Å². The number of likely N-dealkylation sites (tertiary alicyclic amines) is 1. The summed E-state index contributed by atoms with van der Waals surface area (Å²) in [6.45, 7) is 3.31. The van der Waals surface area contributed by atoms with Gasteiger partial charge in [-0.1, -0.05) is 23.4 Å². The van der Waals surface area contributed by atoms with Crippen LogP contribution < -0.4 is 0 Å². The standard InChI is InChI=1S/C19H23N5O2/c25-12-11-24-10-8-17(21-24)16-7-4-9-23(13-16)14-18-20-19(26-22-18)15-5-2-1-3-6-15/h1-3,5-6,8,10,16,25H,4,7,9,11-14H2/t16-/m1/s1. The summed E-state index contributed by atoms with van der Waals surface area (Å²) in [5.74, 6) is 1.69. The van der Waals surface area contributed by atoms with Crippen LogP contribution in [0, 0.1) is 0 Å². The molecule has 0 spiro atoms. The molecule has 4 rings (SSSR count). The van der Waals surface area contributed by atoms with Gasteiger partial charge in [-0.15, -0.1) is 0 Å². The average molecular weight is 353 g/mol. The normalized spacial score (nSPS) is 18.3. The molecule has 1 atom stereocenters. The van der Waals surface area contributed by atoms with E-state index < -0.39 is 0 Å². The number of nitrogens with zero attached hydrogens (tertiary/aromatic N) is 5. The molecule has 1 aliphatic rings. The molecule has 26 heavy (non-hydrogen) atoms. The summed E-state index contributed by atoms with van der Waals surface area (Å²) in [5, 5.41) is 17.8. The van der Waals surface area contributed by atoms with E-state index in [1.807, 2.05) is 36.5 Å². The highest BCUT2D eigenvalue weighted by atomic mass is 16.5. The number of hydrogen-bond acceptors (Lipinski definition) is 6. The highest BCUT2D eigenvalue weighted by Gasteiger charge is 2.24. The Bertz CT molecular complexity index is 829. The van der Waals surface area contributed by atoms with E-state index in [-0.39, 0.29) is 6.61 Å². The molecule has 0 radical (unpaired) electrons. The topological polar surface area (TPSA) is 80.2 Å². The minimum absolute atomic E-state index is 0.111. The Morgan fingerprint density at radius 1 is 1.19 bits per heavy atom. The second-order valence-electron chi connectivity index (χ2n) is 6.68. The first-order valence-electron chi connectivity index (χ1n) is 9.06. The van der Waals surface area contributed by atoms with Crippen LogP contribution in [0.4, 0.5) is 0 Å². The summed E-state index contributed by atoms with van der Waals surface area (Å²) in [7, 11) is 0. The second-order valence-corrected chi connectivity index (χ2v) is 6.68. The zero-order chi connectivity index (χ0) is 17.8. The average Bonchev–Trinajstić information content (AvgIpc) is 3.33. The van der Waals surface area contributed by atoms with E-state index in [2.05, 4.69) is 26.2 Å². The van der Waals surface area contributed by atoms with Crippen molar-refractivity contribution in [2.75, 3.05) is 19.7 Å². The fraction of sp³-hybridized carbons (Fsp3) is 0.421. The third kappa shape index (κ3) is 3.84. The molecule has 1 N–H and O–H groups in total. The largest absolute Gasteiger partial charge is 0.394 e. The zero-order valence-corrected chi connectivity index (χ0v) is 14.7. The van der Waals surface area contributed by atoms with Crippen LogP contribution in [0.1, 0.15) is 30.3 Å². The summed E-state index contributed by atoms with van der Waals surface area (Å²) >= 11 is 0. The molecular weight excluding hydrogens is 330 g/mol.